The molecule has 2 rings (SSSR count). The average Bonchev–Trinajstić information content (AvgIpc) is 2.77. The maximum Gasteiger partial charge on any atom is 0.225 e. The van der Waals surface area contributed by atoms with Crippen molar-refractivity contribution in [3.8, 4) is 5.75 Å². The van der Waals surface area contributed by atoms with E-state index in [9.17, 15) is 4.79 Å². The number of nitrogens with one attached hydrogen (secondary N) is 1. The molecule has 20 heavy (non-hydrogen) atoms. The largest absolute Gasteiger partial charge is 0.497 e. The number of carbonyl (C=O) groups is 1. The lowest BCUT2D eigenvalue weighted by atomic mass is 10.1. The van der Waals surface area contributed by atoms with Crippen LogP contribution in [-0.4, -0.2) is 22.8 Å². The number of nitrogen functional groups attached to an aromatic ring is 1. The zero-order chi connectivity index (χ0) is 14.5. The highest BCUT2D eigenvalue weighted by atomic mass is 16.5. The van der Waals surface area contributed by atoms with Crippen molar-refractivity contribution in [2.45, 2.75) is 12.8 Å². The van der Waals surface area contributed by atoms with Crippen LogP contribution in [0.5, 0.6) is 5.75 Å². The van der Waals surface area contributed by atoms with E-state index in [4.69, 9.17) is 10.5 Å². The van der Waals surface area contributed by atoms with Crippen LogP contribution < -0.4 is 15.8 Å². The van der Waals surface area contributed by atoms with Gasteiger partial charge < -0.3 is 15.8 Å². The fourth-order valence-corrected chi connectivity index (χ4v) is 1.85. The third-order valence-electron chi connectivity index (χ3n) is 3.02. The zero-order valence-electron chi connectivity index (χ0n) is 11.6. The van der Waals surface area contributed by atoms with Crippen LogP contribution in [0.1, 0.15) is 12.0 Å². The van der Waals surface area contributed by atoms with Crippen molar-refractivity contribution >= 4 is 17.4 Å². The second-order valence-electron chi connectivity index (χ2n) is 4.47. The molecule has 0 unspecified atom stereocenters. The molecule has 1 heterocycles. The van der Waals surface area contributed by atoms with Gasteiger partial charge in [-0.1, -0.05) is 12.1 Å². The molecule has 0 aliphatic heterocycles. The first-order valence-corrected chi connectivity index (χ1v) is 6.30. The summed E-state index contributed by atoms with van der Waals surface area (Å²) >= 11 is 0. The van der Waals surface area contributed by atoms with E-state index >= 15 is 0 Å². The van der Waals surface area contributed by atoms with Gasteiger partial charge in [0.2, 0.25) is 5.91 Å². The van der Waals surface area contributed by atoms with Crippen molar-refractivity contribution in [2.75, 3.05) is 18.2 Å². The Kier molecular flexibility index (Phi) is 4.24. The smallest absolute Gasteiger partial charge is 0.225 e. The Bertz CT molecular complexity index is 570. The fourth-order valence-electron chi connectivity index (χ4n) is 1.85. The zero-order valence-corrected chi connectivity index (χ0v) is 11.6. The minimum absolute atomic E-state index is 0.0869. The lowest BCUT2D eigenvalue weighted by molar-refractivity contribution is -0.116. The van der Waals surface area contributed by atoms with Gasteiger partial charge in [0.1, 0.15) is 5.75 Å². The Balaban J connectivity index is 1.89. The van der Waals surface area contributed by atoms with E-state index in [2.05, 4.69) is 10.4 Å². The predicted octanol–water partition coefficient (Wildman–Crippen LogP) is 1.58. The average molecular weight is 274 g/mol. The maximum atomic E-state index is 11.9. The number of aryl methyl sites for hydroxylation is 2. The van der Waals surface area contributed by atoms with Crippen LogP contribution in [-0.2, 0) is 18.3 Å². The number of anilines is 2. The minimum atomic E-state index is -0.0869. The van der Waals surface area contributed by atoms with E-state index in [0.29, 0.717) is 24.3 Å². The second kappa shape index (κ2) is 6.10. The summed E-state index contributed by atoms with van der Waals surface area (Å²) in [5, 5.41) is 6.73. The number of methoxy groups -OCH3 is 1. The van der Waals surface area contributed by atoms with Gasteiger partial charge in [-0.25, -0.2) is 0 Å². The summed E-state index contributed by atoms with van der Waals surface area (Å²) in [6.45, 7) is 0. The normalized spacial score (nSPS) is 10.3. The molecule has 0 spiro atoms. The van der Waals surface area contributed by atoms with Crippen molar-refractivity contribution in [3.63, 3.8) is 0 Å². The monoisotopic (exact) mass is 274 g/mol. The molecule has 0 aliphatic carbocycles. The third kappa shape index (κ3) is 3.28. The molecule has 1 aromatic carbocycles. The van der Waals surface area contributed by atoms with E-state index < -0.39 is 0 Å². The number of carbonyl (C=O) groups excluding carboxylic acids is 1. The summed E-state index contributed by atoms with van der Waals surface area (Å²) < 4.78 is 6.63. The van der Waals surface area contributed by atoms with Gasteiger partial charge in [0.05, 0.1) is 19.0 Å². The lowest BCUT2D eigenvalue weighted by Gasteiger charge is -2.07. The molecule has 0 saturated heterocycles. The van der Waals surface area contributed by atoms with Crippen LogP contribution in [0.4, 0.5) is 11.5 Å². The van der Waals surface area contributed by atoms with Gasteiger partial charge in [-0.2, -0.15) is 5.10 Å². The van der Waals surface area contributed by atoms with E-state index in [-0.39, 0.29) is 5.91 Å². The summed E-state index contributed by atoms with van der Waals surface area (Å²) in [6.07, 6.45) is 2.56. The van der Waals surface area contributed by atoms with Gasteiger partial charge in [0, 0.05) is 13.5 Å². The first-order chi connectivity index (χ1) is 9.60. The summed E-state index contributed by atoms with van der Waals surface area (Å²) in [5.41, 5.74) is 7.26. The van der Waals surface area contributed by atoms with E-state index in [1.54, 1.807) is 18.8 Å². The van der Waals surface area contributed by atoms with Crippen molar-refractivity contribution in [2.24, 2.45) is 7.05 Å². The molecular weight excluding hydrogens is 256 g/mol. The Morgan fingerprint density at radius 2 is 2.10 bits per heavy atom. The van der Waals surface area contributed by atoms with Gasteiger partial charge in [-0.15, -0.1) is 0 Å². The first kappa shape index (κ1) is 13.9. The SMILES string of the molecule is COc1ccc(CCC(=O)Nc2c(N)cnn2C)cc1. The highest BCUT2D eigenvalue weighted by Crippen LogP contribution is 2.17. The van der Waals surface area contributed by atoms with Crippen LogP contribution in [0.3, 0.4) is 0 Å². The number of nitrogens with zero attached hydrogens (tertiary/aromatic N) is 2. The summed E-state index contributed by atoms with van der Waals surface area (Å²) in [7, 11) is 3.36. The topological polar surface area (TPSA) is 82.2 Å². The van der Waals surface area contributed by atoms with E-state index in [0.717, 1.165) is 11.3 Å². The van der Waals surface area contributed by atoms with Crippen LogP contribution in [0.15, 0.2) is 30.5 Å². The number of hydrogen-bond acceptors (Lipinski definition) is 4. The van der Waals surface area contributed by atoms with Crippen molar-refractivity contribution in [3.05, 3.63) is 36.0 Å². The Hall–Kier alpha value is -2.50. The van der Waals surface area contributed by atoms with Crippen LogP contribution in [0.2, 0.25) is 0 Å². The quantitative estimate of drug-likeness (QED) is 0.867. The summed E-state index contributed by atoms with van der Waals surface area (Å²) in [4.78, 5) is 11.9. The molecule has 3 N–H and O–H groups in total. The molecule has 1 aromatic heterocycles. The second-order valence-corrected chi connectivity index (χ2v) is 4.47. The van der Waals surface area contributed by atoms with Gasteiger partial charge in [-0.3, -0.25) is 9.48 Å². The number of rotatable bonds is 5. The van der Waals surface area contributed by atoms with E-state index in [1.807, 2.05) is 24.3 Å². The molecule has 0 bridgehead atoms. The maximum absolute atomic E-state index is 11.9. The first-order valence-electron chi connectivity index (χ1n) is 6.30. The molecular formula is C14H18N4O2. The molecule has 1 amide bonds. The highest BCUT2D eigenvalue weighted by molar-refractivity contribution is 5.92. The minimum Gasteiger partial charge on any atom is -0.497 e. The predicted molar refractivity (Wildman–Crippen MR) is 77.6 cm³/mol. The van der Waals surface area contributed by atoms with Gasteiger partial charge in [-0.05, 0) is 24.1 Å². The van der Waals surface area contributed by atoms with Crippen LogP contribution in [0.25, 0.3) is 0 Å². The van der Waals surface area contributed by atoms with Crippen LogP contribution >= 0.6 is 0 Å². The van der Waals surface area contributed by atoms with Gasteiger partial charge in [0.25, 0.3) is 0 Å². The van der Waals surface area contributed by atoms with Crippen LogP contribution in [0, 0.1) is 0 Å². The fraction of sp³-hybridized carbons (Fsp3) is 0.286. The molecule has 0 aliphatic rings. The number of benzene rings is 1. The molecule has 0 saturated carbocycles. The molecule has 2 aromatic rings. The van der Waals surface area contributed by atoms with Crippen molar-refractivity contribution in [1.29, 1.82) is 0 Å². The third-order valence-corrected chi connectivity index (χ3v) is 3.02. The molecule has 0 fully saturated rings. The molecule has 0 atom stereocenters. The van der Waals surface area contributed by atoms with Crippen molar-refractivity contribution in [1.82, 2.24) is 9.78 Å². The van der Waals surface area contributed by atoms with E-state index in [1.165, 1.54) is 6.20 Å². The Morgan fingerprint density at radius 1 is 1.40 bits per heavy atom. The number of nitrogens with two attached hydrogens (primary N) is 1. The number of aromatic nitrogens is 2. The highest BCUT2D eigenvalue weighted by Gasteiger charge is 2.09. The number of hydrogen-bond donors (Lipinski definition) is 2. The summed E-state index contributed by atoms with van der Waals surface area (Å²) in [5.74, 6) is 1.25. The summed E-state index contributed by atoms with van der Waals surface area (Å²) in [6, 6.07) is 7.66. The molecule has 6 nitrogen and oxygen atoms in total. The van der Waals surface area contributed by atoms with Gasteiger partial charge in [0.15, 0.2) is 5.82 Å². The Labute approximate surface area is 117 Å². The lowest BCUT2D eigenvalue weighted by Crippen LogP contribution is -2.15. The standard InChI is InChI=1S/C14H18N4O2/c1-18-14(12(15)9-16-18)17-13(19)8-5-10-3-6-11(20-2)7-4-10/h3-4,6-7,9H,5,8,15H2,1-2H3,(H,17,19). The number of amides is 1. The number of ether oxygens (including phenoxy) is 1. The Morgan fingerprint density at radius 3 is 2.65 bits per heavy atom. The molecule has 6 heteroatoms. The molecule has 0 radical (unpaired) electrons. The molecule has 106 valence electrons. The van der Waals surface area contributed by atoms with Gasteiger partial charge >= 0.3 is 0 Å². The van der Waals surface area contributed by atoms with Crippen molar-refractivity contribution < 1.29 is 9.53 Å².